The fraction of sp³-hybridized carbons (Fsp3) is 0.261. The molecule has 0 aliphatic carbocycles. The Bertz CT molecular complexity index is 1010. The summed E-state index contributed by atoms with van der Waals surface area (Å²) in [6.07, 6.45) is 5.15. The summed E-state index contributed by atoms with van der Waals surface area (Å²) in [7, 11) is 1.68. The Labute approximate surface area is 176 Å². The van der Waals surface area contributed by atoms with Crippen LogP contribution in [-0.2, 0) is 11.3 Å². The van der Waals surface area contributed by atoms with Crippen LogP contribution in [0.3, 0.4) is 0 Å². The molecule has 1 aliphatic rings. The monoisotopic (exact) mass is 403 g/mol. The summed E-state index contributed by atoms with van der Waals surface area (Å²) in [6.45, 7) is 3.53. The van der Waals surface area contributed by atoms with Crippen molar-refractivity contribution in [2.24, 2.45) is 0 Å². The van der Waals surface area contributed by atoms with Gasteiger partial charge in [0.1, 0.15) is 11.4 Å². The molecule has 1 amide bonds. The van der Waals surface area contributed by atoms with E-state index < -0.39 is 0 Å². The van der Waals surface area contributed by atoms with Gasteiger partial charge in [-0.1, -0.05) is 47.7 Å². The van der Waals surface area contributed by atoms with Crippen molar-refractivity contribution in [3.63, 3.8) is 0 Å². The van der Waals surface area contributed by atoms with E-state index in [0.717, 1.165) is 30.1 Å². The van der Waals surface area contributed by atoms with Crippen molar-refractivity contribution in [1.29, 1.82) is 0 Å². The quantitative estimate of drug-likeness (QED) is 0.592. The fourth-order valence-electron chi connectivity index (χ4n) is 3.56. The number of anilines is 1. The smallest absolute Gasteiger partial charge is 0.246 e. The van der Waals surface area contributed by atoms with E-state index in [-0.39, 0.29) is 5.91 Å². The maximum Gasteiger partial charge on any atom is 0.246 e. The van der Waals surface area contributed by atoms with E-state index in [9.17, 15) is 4.79 Å². The Morgan fingerprint density at radius 1 is 1.03 bits per heavy atom. The highest BCUT2D eigenvalue weighted by molar-refractivity contribution is 5.91. The molecule has 0 spiro atoms. The number of methoxy groups -OCH3 is 1. The molecule has 2 heterocycles. The zero-order chi connectivity index (χ0) is 20.8. The van der Waals surface area contributed by atoms with E-state index in [1.54, 1.807) is 23.9 Å². The average molecular weight is 403 g/mol. The second-order valence-corrected chi connectivity index (χ2v) is 7.14. The summed E-state index contributed by atoms with van der Waals surface area (Å²) in [6, 6.07) is 18.1. The summed E-state index contributed by atoms with van der Waals surface area (Å²) in [5, 5.41) is 8.27. The van der Waals surface area contributed by atoms with Crippen molar-refractivity contribution in [3.05, 3.63) is 78.1 Å². The molecule has 0 atom stereocenters. The molecular weight excluding hydrogens is 378 g/mol. The van der Waals surface area contributed by atoms with Gasteiger partial charge in [0, 0.05) is 32.3 Å². The Morgan fingerprint density at radius 2 is 1.77 bits per heavy atom. The van der Waals surface area contributed by atoms with Crippen molar-refractivity contribution in [1.82, 2.24) is 19.9 Å². The van der Waals surface area contributed by atoms with Crippen LogP contribution < -0.4 is 9.64 Å². The van der Waals surface area contributed by atoms with Gasteiger partial charge in [-0.3, -0.25) is 4.79 Å². The largest absolute Gasteiger partial charge is 0.495 e. The molecular formula is C23H25N5O2. The predicted octanol–water partition coefficient (Wildman–Crippen LogP) is 2.70. The molecule has 3 aromatic rings. The number of para-hydroxylation sites is 2. The minimum absolute atomic E-state index is 0.00714. The second kappa shape index (κ2) is 9.26. The maximum absolute atomic E-state index is 12.6. The van der Waals surface area contributed by atoms with Gasteiger partial charge < -0.3 is 14.5 Å². The van der Waals surface area contributed by atoms with Crippen LogP contribution in [0.1, 0.15) is 11.3 Å². The lowest BCUT2D eigenvalue weighted by Gasteiger charge is -2.36. The second-order valence-electron chi connectivity index (χ2n) is 7.14. The SMILES string of the molecule is COc1ccccc1N1CCN(C(=O)/C=C/c2cn(Cc3ccccc3)nn2)CC1. The van der Waals surface area contributed by atoms with Crippen molar-refractivity contribution in [2.75, 3.05) is 38.2 Å². The zero-order valence-corrected chi connectivity index (χ0v) is 17.0. The maximum atomic E-state index is 12.6. The Balaban J connectivity index is 1.31. The van der Waals surface area contributed by atoms with Crippen molar-refractivity contribution >= 4 is 17.7 Å². The molecule has 0 N–H and O–H groups in total. The van der Waals surface area contributed by atoms with E-state index in [1.165, 1.54) is 0 Å². The first-order valence-electron chi connectivity index (χ1n) is 10.0. The molecule has 4 rings (SSSR count). The van der Waals surface area contributed by atoms with Gasteiger partial charge in [-0.05, 0) is 23.8 Å². The van der Waals surface area contributed by atoms with Gasteiger partial charge in [-0.25, -0.2) is 4.68 Å². The van der Waals surface area contributed by atoms with E-state index in [1.807, 2.05) is 59.6 Å². The number of hydrogen-bond acceptors (Lipinski definition) is 5. The number of hydrogen-bond donors (Lipinski definition) is 0. The van der Waals surface area contributed by atoms with Gasteiger partial charge in [-0.2, -0.15) is 0 Å². The van der Waals surface area contributed by atoms with Gasteiger partial charge in [0.2, 0.25) is 5.91 Å². The van der Waals surface area contributed by atoms with Crippen molar-refractivity contribution < 1.29 is 9.53 Å². The fourth-order valence-corrected chi connectivity index (χ4v) is 3.56. The normalized spacial score (nSPS) is 14.3. The molecule has 154 valence electrons. The van der Waals surface area contributed by atoms with Gasteiger partial charge in [0.05, 0.1) is 25.5 Å². The Kier molecular flexibility index (Phi) is 6.08. The molecule has 0 radical (unpaired) electrons. The standard InChI is InChI=1S/C23H25N5O2/c1-30-22-10-6-5-9-21(22)26-13-15-27(16-14-26)23(29)12-11-20-18-28(25-24-20)17-19-7-3-2-4-8-19/h2-12,18H,13-17H2,1H3/b12-11+. The summed E-state index contributed by atoms with van der Waals surface area (Å²) >= 11 is 0. The van der Waals surface area contributed by atoms with Crippen LogP contribution in [0.15, 0.2) is 66.9 Å². The number of rotatable bonds is 6. The van der Waals surface area contributed by atoms with Crippen molar-refractivity contribution in [2.45, 2.75) is 6.54 Å². The van der Waals surface area contributed by atoms with Crippen molar-refractivity contribution in [3.8, 4) is 5.75 Å². The lowest BCUT2D eigenvalue weighted by Crippen LogP contribution is -2.48. The lowest BCUT2D eigenvalue weighted by molar-refractivity contribution is -0.126. The third-order valence-corrected chi connectivity index (χ3v) is 5.16. The van der Waals surface area contributed by atoms with Crippen LogP contribution in [0, 0.1) is 0 Å². The number of aromatic nitrogens is 3. The summed E-state index contributed by atoms with van der Waals surface area (Å²) in [4.78, 5) is 16.7. The molecule has 1 aliphatic heterocycles. The highest BCUT2D eigenvalue weighted by Gasteiger charge is 2.21. The van der Waals surface area contributed by atoms with E-state index in [4.69, 9.17) is 4.74 Å². The third kappa shape index (κ3) is 4.68. The molecule has 7 heteroatoms. The molecule has 1 saturated heterocycles. The minimum atomic E-state index is -0.00714. The van der Waals surface area contributed by atoms with Gasteiger partial charge in [-0.15, -0.1) is 5.10 Å². The van der Waals surface area contributed by atoms with Crippen LogP contribution in [0.5, 0.6) is 5.75 Å². The third-order valence-electron chi connectivity index (χ3n) is 5.16. The number of benzene rings is 2. The first-order valence-corrected chi connectivity index (χ1v) is 10.0. The summed E-state index contributed by atoms with van der Waals surface area (Å²) in [5.41, 5.74) is 2.89. The Morgan fingerprint density at radius 3 is 2.53 bits per heavy atom. The zero-order valence-electron chi connectivity index (χ0n) is 17.0. The first kappa shape index (κ1) is 19.7. The van der Waals surface area contributed by atoms with E-state index in [2.05, 4.69) is 21.3 Å². The molecule has 7 nitrogen and oxygen atoms in total. The summed E-state index contributed by atoms with van der Waals surface area (Å²) < 4.78 is 7.22. The first-order chi connectivity index (χ1) is 14.7. The number of ether oxygens (including phenoxy) is 1. The highest BCUT2D eigenvalue weighted by Crippen LogP contribution is 2.28. The highest BCUT2D eigenvalue weighted by atomic mass is 16.5. The van der Waals surface area contributed by atoms with E-state index in [0.29, 0.717) is 25.3 Å². The summed E-state index contributed by atoms with van der Waals surface area (Å²) in [5.74, 6) is 0.850. The van der Waals surface area contributed by atoms with E-state index >= 15 is 0 Å². The van der Waals surface area contributed by atoms with Gasteiger partial charge in [0.25, 0.3) is 0 Å². The van der Waals surface area contributed by atoms with Gasteiger partial charge in [0.15, 0.2) is 0 Å². The number of piperazine rings is 1. The minimum Gasteiger partial charge on any atom is -0.495 e. The molecule has 1 aromatic heterocycles. The van der Waals surface area contributed by atoms with Crippen LogP contribution >= 0.6 is 0 Å². The van der Waals surface area contributed by atoms with Crippen LogP contribution in [0.2, 0.25) is 0 Å². The molecule has 2 aromatic carbocycles. The molecule has 1 fully saturated rings. The molecule has 0 saturated carbocycles. The lowest BCUT2D eigenvalue weighted by atomic mass is 10.2. The number of amides is 1. The predicted molar refractivity (Wildman–Crippen MR) is 116 cm³/mol. The van der Waals surface area contributed by atoms with Crippen LogP contribution in [-0.4, -0.2) is 59.1 Å². The average Bonchev–Trinajstić information content (AvgIpc) is 3.25. The number of carbonyl (C=O) groups excluding carboxylic acids is 1. The molecule has 0 unspecified atom stereocenters. The number of carbonyl (C=O) groups is 1. The van der Waals surface area contributed by atoms with Gasteiger partial charge >= 0.3 is 0 Å². The Hall–Kier alpha value is -3.61. The molecule has 30 heavy (non-hydrogen) atoms. The van der Waals surface area contributed by atoms with Crippen LogP contribution in [0.4, 0.5) is 5.69 Å². The molecule has 0 bridgehead atoms. The topological polar surface area (TPSA) is 63.5 Å². The van der Waals surface area contributed by atoms with Crippen LogP contribution in [0.25, 0.3) is 6.08 Å². The number of nitrogens with zero attached hydrogens (tertiary/aromatic N) is 5.